The Hall–Kier alpha value is -5.34. The number of hydrogen-bond acceptors (Lipinski definition) is 15. The second-order valence-electron chi connectivity index (χ2n) is 17.3. The summed E-state index contributed by atoms with van der Waals surface area (Å²) in [6.07, 6.45) is -3.45. The van der Waals surface area contributed by atoms with Gasteiger partial charge in [0, 0.05) is 13.0 Å². The third-order valence-electron chi connectivity index (χ3n) is 10.8. The zero-order valence-electron chi connectivity index (χ0n) is 39.0. The molecule has 1 saturated heterocycles. The van der Waals surface area contributed by atoms with Crippen LogP contribution in [0, 0.1) is 11.1 Å². The largest absolute Gasteiger partial charge is 0.634 e. The average molecular weight is 950 g/mol. The first-order chi connectivity index (χ1) is 31.7. The van der Waals surface area contributed by atoms with Crippen LogP contribution in [0.1, 0.15) is 78.2 Å². The van der Waals surface area contributed by atoms with Crippen molar-refractivity contribution in [1.29, 1.82) is 0 Å². The van der Waals surface area contributed by atoms with Crippen LogP contribution < -0.4 is 70.5 Å². The monoisotopic (exact) mass is 950 g/mol. The minimum absolute atomic E-state index is 0.0595. The molecule has 0 bridgehead atoms. The van der Waals surface area contributed by atoms with Crippen LogP contribution >= 0.6 is 0 Å². The summed E-state index contributed by atoms with van der Waals surface area (Å²) in [6.45, 7) is 5.14. The number of hydrogen-bond donors (Lipinski definition) is 15. The molecule has 1 aliphatic rings. The zero-order chi connectivity index (χ0) is 50.2. The highest BCUT2D eigenvalue weighted by Crippen LogP contribution is 2.09. The third-order valence-corrected chi connectivity index (χ3v) is 10.8. The van der Waals surface area contributed by atoms with Crippen molar-refractivity contribution in [2.24, 2.45) is 28.9 Å². The van der Waals surface area contributed by atoms with E-state index in [0.717, 1.165) is 5.56 Å². The van der Waals surface area contributed by atoms with Crippen LogP contribution in [0.2, 0.25) is 0 Å². The molecule has 0 aliphatic carbocycles. The van der Waals surface area contributed by atoms with E-state index in [1.54, 1.807) is 44.2 Å². The summed E-state index contributed by atoms with van der Waals surface area (Å²) in [7, 11) is 0. The van der Waals surface area contributed by atoms with Crippen LogP contribution in [0.4, 0.5) is 0 Å². The molecule has 1 aromatic rings. The number of carbonyl (C=O) groups excluding carboxylic acids is 8. The van der Waals surface area contributed by atoms with E-state index in [0.29, 0.717) is 0 Å². The van der Waals surface area contributed by atoms with Gasteiger partial charge in [-0.25, -0.2) is 0 Å². The van der Waals surface area contributed by atoms with E-state index in [1.807, 2.05) is 0 Å². The first kappa shape index (κ1) is 57.8. The Balaban J connectivity index is 2.72. The normalized spacial score (nSPS) is 25.8. The lowest BCUT2D eigenvalue weighted by Gasteiger charge is -2.35. The number of rotatable bonds is 18. The maximum absolute atomic E-state index is 14.3. The van der Waals surface area contributed by atoms with Crippen LogP contribution in [0.25, 0.3) is 0 Å². The van der Waals surface area contributed by atoms with Crippen LogP contribution in [0.3, 0.4) is 0 Å². The SMILES string of the molecule is CC(C)C[C@H]1C(=O)N[C@@H](CCN)C(=O)N[C@@H](CCN)C(=O)N[C@@H]([C@@H](C)O)C(=O)NCCC(NC(=O)[C@H](CCN)NC(=O)C[C@@H](C)O)C(=O)N[C@@H](CCN)C(=O)N[C@H](Cc2ccccc2)C[NH+]1[O-]. The van der Waals surface area contributed by atoms with Crippen molar-refractivity contribution in [2.45, 2.75) is 140 Å². The molecule has 2 rings (SSSR count). The number of benzene rings is 1. The minimum atomic E-state index is -1.62. The summed E-state index contributed by atoms with van der Waals surface area (Å²) in [6, 6.07) is -1.74. The van der Waals surface area contributed by atoms with E-state index in [1.165, 1.54) is 13.8 Å². The topological polar surface area (TPSA) is 405 Å². The Labute approximate surface area is 391 Å². The number of carbonyl (C=O) groups is 8. The molecule has 67 heavy (non-hydrogen) atoms. The minimum Gasteiger partial charge on any atom is -0.634 e. The lowest BCUT2D eigenvalue weighted by atomic mass is 10.00. The summed E-state index contributed by atoms with van der Waals surface area (Å²) in [4.78, 5) is 110. The molecule has 1 aliphatic heterocycles. The zero-order valence-corrected chi connectivity index (χ0v) is 39.0. The van der Waals surface area contributed by atoms with Gasteiger partial charge in [0.15, 0.2) is 6.04 Å². The lowest BCUT2D eigenvalue weighted by molar-refractivity contribution is -0.867. The molecule has 0 radical (unpaired) electrons. The third kappa shape index (κ3) is 20.6. The number of hydroxylamine groups is 2. The second kappa shape index (κ2) is 30.1. The highest BCUT2D eigenvalue weighted by molar-refractivity contribution is 5.96. The first-order valence-electron chi connectivity index (χ1n) is 22.9. The molecule has 2 unspecified atom stereocenters. The molecule has 24 nitrogen and oxygen atoms in total. The van der Waals surface area contributed by atoms with Gasteiger partial charge in [-0.3, -0.25) is 38.4 Å². The summed E-state index contributed by atoms with van der Waals surface area (Å²) in [5.74, 6) is -6.83. The van der Waals surface area contributed by atoms with Gasteiger partial charge < -0.3 is 86.0 Å². The van der Waals surface area contributed by atoms with Crippen LogP contribution in [-0.2, 0) is 44.8 Å². The summed E-state index contributed by atoms with van der Waals surface area (Å²) in [5.41, 5.74) is 24.0. The fraction of sp³-hybridized carbons (Fsp3) is 0.674. The van der Waals surface area contributed by atoms with Gasteiger partial charge in [-0.2, -0.15) is 0 Å². The number of nitrogens with two attached hydrogens (primary N) is 4. The molecule has 19 N–H and O–H groups in total. The standard InChI is InChI=1S/C43H75N13O11/c1-24(2)20-34-42(65)54-31(12-17-46)39(62)52-32(13-18-47)41(64)55-36(26(4)58)43(66)48-19-14-33(53-38(61)29(10-15-44)50-35(59)21-25(3)57)40(63)51-30(11-16-45)37(60)49-28(23-56(34)67)22-27-8-6-5-7-9-27/h5-9,24-26,28-34,36,56-58H,10-23,44-47H2,1-4H3,(H,48,66)(H,49,60)(H,50,59)(H,51,63)(H,52,62)(H,53,61)(H,54,65)(H,55,64)/t25-,26-,28-,29+,30+,31+,32+,33?,34+,36+/m1/s1. The van der Waals surface area contributed by atoms with E-state index in [-0.39, 0.29) is 96.6 Å². The number of aliphatic hydroxyl groups excluding tert-OH is 2. The predicted molar refractivity (Wildman–Crippen MR) is 246 cm³/mol. The lowest BCUT2D eigenvalue weighted by Crippen LogP contribution is -3.14. The maximum atomic E-state index is 14.3. The molecule has 24 heteroatoms. The van der Waals surface area contributed by atoms with E-state index >= 15 is 0 Å². The van der Waals surface area contributed by atoms with E-state index in [2.05, 4.69) is 42.5 Å². The second-order valence-corrected chi connectivity index (χ2v) is 17.3. The number of amides is 8. The quantitative estimate of drug-likeness (QED) is 0.0609. The van der Waals surface area contributed by atoms with Crippen molar-refractivity contribution in [3.05, 3.63) is 41.1 Å². The fourth-order valence-corrected chi connectivity index (χ4v) is 7.35. The molecule has 1 aromatic carbocycles. The van der Waals surface area contributed by atoms with Crippen molar-refractivity contribution in [3.63, 3.8) is 0 Å². The molecule has 0 spiro atoms. The van der Waals surface area contributed by atoms with Crippen molar-refractivity contribution in [1.82, 2.24) is 42.5 Å². The Morgan fingerprint density at radius 2 is 1.28 bits per heavy atom. The van der Waals surface area contributed by atoms with Crippen molar-refractivity contribution in [3.8, 4) is 0 Å². The van der Waals surface area contributed by atoms with Gasteiger partial charge in [0.1, 0.15) is 36.3 Å². The summed E-state index contributed by atoms with van der Waals surface area (Å²) < 4.78 is 0. The number of quaternary nitrogens is 1. The van der Waals surface area contributed by atoms with Crippen LogP contribution in [0.5, 0.6) is 0 Å². The average Bonchev–Trinajstić information content (AvgIpc) is 3.25. The van der Waals surface area contributed by atoms with Crippen molar-refractivity contribution < 1.29 is 53.6 Å². The van der Waals surface area contributed by atoms with Crippen LogP contribution in [-0.4, -0.2) is 157 Å². The van der Waals surface area contributed by atoms with Gasteiger partial charge in [0.2, 0.25) is 41.4 Å². The van der Waals surface area contributed by atoms with Crippen molar-refractivity contribution >= 4 is 47.3 Å². The van der Waals surface area contributed by atoms with Gasteiger partial charge in [0.05, 0.1) is 31.2 Å². The Morgan fingerprint density at radius 3 is 1.81 bits per heavy atom. The molecular weight excluding hydrogens is 875 g/mol. The van der Waals surface area contributed by atoms with Gasteiger partial charge in [-0.15, -0.1) is 0 Å². The predicted octanol–water partition coefficient (Wildman–Crippen LogP) is -6.51. The molecule has 0 aromatic heterocycles. The van der Waals surface area contributed by atoms with Crippen LogP contribution in [0.15, 0.2) is 30.3 Å². The molecule has 11 atom stereocenters. The summed E-state index contributed by atoms with van der Waals surface area (Å²) in [5, 5.41) is 54.7. The first-order valence-corrected chi connectivity index (χ1v) is 22.9. The van der Waals surface area contributed by atoms with Gasteiger partial charge in [-0.1, -0.05) is 44.2 Å². The smallest absolute Gasteiger partial charge is 0.279 e. The molecule has 0 saturated carbocycles. The molecule has 1 fully saturated rings. The highest BCUT2D eigenvalue weighted by Gasteiger charge is 2.36. The molecular formula is C43H75N13O11. The Kier molecular flexibility index (Phi) is 26.0. The fourth-order valence-electron chi connectivity index (χ4n) is 7.35. The number of nitrogens with one attached hydrogen (secondary N) is 9. The van der Waals surface area contributed by atoms with Gasteiger partial charge >= 0.3 is 0 Å². The van der Waals surface area contributed by atoms with E-state index < -0.39 is 113 Å². The van der Waals surface area contributed by atoms with E-state index in [4.69, 9.17) is 22.9 Å². The highest BCUT2D eigenvalue weighted by atomic mass is 16.5. The molecule has 1 heterocycles. The Bertz CT molecular complexity index is 1760. The number of aliphatic hydroxyl groups is 2. The van der Waals surface area contributed by atoms with Crippen molar-refractivity contribution in [2.75, 3.05) is 39.3 Å². The summed E-state index contributed by atoms with van der Waals surface area (Å²) >= 11 is 0. The Morgan fingerprint density at radius 1 is 0.746 bits per heavy atom. The molecule has 8 amide bonds. The van der Waals surface area contributed by atoms with E-state index in [9.17, 15) is 53.8 Å². The maximum Gasteiger partial charge on any atom is 0.279 e. The molecule has 378 valence electrons. The van der Waals surface area contributed by atoms with Gasteiger partial charge in [0.25, 0.3) is 5.91 Å². The van der Waals surface area contributed by atoms with Gasteiger partial charge in [-0.05, 0) is 90.0 Å².